The minimum Gasteiger partial charge on any atom is -0.115 e. The first-order chi connectivity index (χ1) is 11.5. The molecule has 2 fully saturated rings. The lowest BCUT2D eigenvalue weighted by molar-refractivity contribution is 0.273. The Balaban J connectivity index is 2.04. The molecule has 0 saturated heterocycles. The van der Waals surface area contributed by atoms with Gasteiger partial charge >= 0.3 is 0 Å². The van der Waals surface area contributed by atoms with Gasteiger partial charge in [0.25, 0.3) is 0 Å². The minimum absolute atomic E-state index is 0.530. The van der Waals surface area contributed by atoms with Crippen molar-refractivity contribution in [3.8, 4) is 0 Å². The zero-order valence-corrected chi connectivity index (χ0v) is 17.6. The van der Waals surface area contributed by atoms with Crippen molar-refractivity contribution in [2.75, 3.05) is 6.16 Å². The summed E-state index contributed by atoms with van der Waals surface area (Å²) >= 11 is 0. The molecule has 0 bridgehead atoms. The van der Waals surface area contributed by atoms with E-state index >= 15 is 0 Å². The van der Waals surface area contributed by atoms with Crippen LogP contribution in [0.4, 0.5) is 0 Å². The van der Waals surface area contributed by atoms with E-state index in [9.17, 15) is 0 Å². The lowest BCUT2D eigenvalue weighted by Crippen LogP contribution is -2.29. The first-order valence-electron chi connectivity index (χ1n) is 10.2. The van der Waals surface area contributed by atoms with Crippen molar-refractivity contribution in [2.24, 2.45) is 35.0 Å². The molecule has 2 rings (SSSR count). The Bertz CT molecular complexity index is 451. The molecule has 0 aromatic heterocycles. The summed E-state index contributed by atoms with van der Waals surface area (Å²) in [5.74, 6) is 4.56. The van der Waals surface area contributed by atoms with Gasteiger partial charge in [0.15, 0.2) is 0 Å². The Morgan fingerprint density at radius 2 is 1.88 bits per heavy atom. The number of rotatable bonds is 12. The molecule has 0 amide bonds. The largest absolute Gasteiger partial charge is 0.115 e. The van der Waals surface area contributed by atoms with Crippen LogP contribution in [0.1, 0.15) is 60.3 Å². The van der Waals surface area contributed by atoms with Crippen LogP contribution in [0.3, 0.4) is 0 Å². The number of hydrogen-bond acceptors (Lipinski definition) is 0. The van der Waals surface area contributed by atoms with E-state index < -0.39 is 0 Å². The molecule has 0 radical (unpaired) electrons. The zero-order valence-electron chi connectivity index (χ0n) is 16.6. The third-order valence-electron chi connectivity index (χ3n) is 6.56. The lowest BCUT2D eigenvalue weighted by atomic mass is 9.75. The fourth-order valence-electron chi connectivity index (χ4n) is 5.07. The smallest absolute Gasteiger partial charge is 0.00158 e. The molecular formula is C23H39P. The first kappa shape index (κ1) is 20.0. The van der Waals surface area contributed by atoms with Crippen LogP contribution >= 0.6 is 8.58 Å². The van der Waals surface area contributed by atoms with Crippen molar-refractivity contribution in [2.45, 2.75) is 66.0 Å². The minimum atomic E-state index is 0.530. The highest BCUT2D eigenvalue weighted by atomic mass is 31.1. The summed E-state index contributed by atoms with van der Waals surface area (Å²) < 4.78 is 0. The molecule has 0 aliphatic heterocycles. The van der Waals surface area contributed by atoms with E-state index in [1.807, 2.05) is 6.08 Å². The molecule has 0 nitrogen and oxygen atoms in total. The third kappa shape index (κ3) is 4.07. The summed E-state index contributed by atoms with van der Waals surface area (Å²) in [4.78, 5) is 0. The molecule has 2 aliphatic rings. The van der Waals surface area contributed by atoms with Crippen molar-refractivity contribution in [3.63, 3.8) is 0 Å². The van der Waals surface area contributed by atoms with Crippen LogP contribution in [0.5, 0.6) is 0 Å². The second-order valence-corrected chi connectivity index (χ2v) is 9.91. The van der Waals surface area contributed by atoms with Crippen LogP contribution in [0.25, 0.3) is 0 Å². The Morgan fingerprint density at radius 1 is 1.17 bits per heavy atom. The van der Waals surface area contributed by atoms with Gasteiger partial charge < -0.3 is 0 Å². The molecule has 2 aliphatic carbocycles. The summed E-state index contributed by atoms with van der Waals surface area (Å²) in [6, 6.07) is 0. The molecule has 0 spiro atoms. The molecule has 136 valence electrons. The van der Waals surface area contributed by atoms with E-state index in [-0.39, 0.29) is 0 Å². The van der Waals surface area contributed by atoms with Crippen molar-refractivity contribution in [1.29, 1.82) is 0 Å². The number of allylic oxidation sites excluding steroid dienone is 5. The summed E-state index contributed by atoms with van der Waals surface area (Å²) in [6.07, 6.45) is 18.4. The molecular weight excluding hydrogens is 307 g/mol. The summed E-state index contributed by atoms with van der Waals surface area (Å²) in [5.41, 5.74) is 1.27. The van der Waals surface area contributed by atoms with E-state index in [1.54, 1.807) is 0 Å². The predicted molar refractivity (Wildman–Crippen MR) is 112 cm³/mol. The summed E-state index contributed by atoms with van der Waals surface area (Å²) in [5, 5.41) is 0. The van der Waals surface area contributed by atoms with Gasteiger partial charge in [0, 0.05) is 0 Å². The van der Waals surface area contributed by atoms with E-state index in [4.69, 9.17) is 0 Å². The van der Waals surface area contributed by atoms with Crippen molar-refractivity contribution in [1.82, 2.24) is 0 Å². The average Bonchev–Trinajstić information content (AvgIpc) is 3.44. The van der Waals surface area contributed by atoms with Gasteiger partial charge in [-0.1, -0.05) is 90.8 Å². The SMILES string of the molecule is C=CC=CC(PCCC)C(C)C1(C=CCC(C)CCC)C2C(C)C21. The van der Waals surface area contributed by atoms with Crippen LogP contribution in [0, 0.1) is 35.0 Å². The van der Waals surface area contributed by atoms with Crippen molar-refractivity contribution < 1.29 is 0 Å². The highest BCUT2D eigenvalue weighted by molar-refractivity contribution is 7.39. The molecule has 24 heavy (non-hydrogen) atoms. The Labute approximate surface area is 153 Å². The normalized spacial score (nSPS) is 35.5. The molecule has 0 aromatic carbocycles. The predicted octanol–water partition coefficient (Wildman–Crippen LogP) is 7.09. The Kier molecular flexibility index (Phi) is 7.36. The van der Waals surface area contributed by atoms with Crippen molar-refractivity contribution >= 4 is 8.58 Å². The molecule has 6 atom stereocenters. The molecule has 0 heterocycles. The van der Waals surface area contributed by atoms with Gasteiger partial charge in [0.2, 0.25) is 0 Å². The number of hydrogen-bond donors (Lipinski definition) is 0. The van der Waals surface area contributed by atoms with E-state index in [2.05, 4.69) is 65.5 Å². The molecule has 1 heteroatoms. The molecule has 2 saturated carbocycles. The summed E-state index contributed by atoms with van der Waals surface area (Å²) in [6.45, 7) is 15.9. The van der Waals surface area contributed by atoms with E-state index in [0.29, 0.717) is 5.41 Å². The van der Waals surface area contributed by atoms with Gasteiger partial charge in [-0.15, -0.1) is 8.58 Å². The highest BCUT2D eigenvalue weighted by Crippen LogP contribution is 2.85. The van der Waals surface area contributed by atoms with Gasteiger partial charge in [-0.3, -0.25) is 0 Å². The quantitative estimate of drug-likeness (QED) is 0.201. The molecule has 0 aromatic rings. The van der Waals surface area contributed by atoms with E-state index in [0.717, 1.165) is 43.8 Å². The van der Waals surface area contributed by atoms with Gasteiger partial charge in [-0.2, -0.15) is 0 Å². The van der Waals surface area contributed by atoms with Gasteiger partial charge in [0.05, 0.1) is 0 Å². The lowest BCUT2D eigenvalue weighted by Gasteiger charge is -2.34. The van der Waals surface area contributed by atoms with Gasteiger partial charge in [0.1, 0.15) is 0 Å². The standard InChI is InChI=1S/C23H39P/c1-7-10-14-20(24-16-9-3)19(6)23(21-18(5)22(21)23)15-11-13-17(4)12-8-2/h7,10-11,14-15,17-22,24H,1,8-9,12-13,16H2,2-6H3. The maximum Gasteiger partial charge on any atom is -0.00158 e. The second kappa shape index (κ2) is 8.84. The Hall–Kier alpha value is -0.350. The van der Waals surface area contributed by atoms with E-state index in [1.165, 1.54) is 31.8 Å². The Morgan fingerprint density at radius 3 is 2.42 bits per heavy atom. The van der Waals surface area contributed by atoms with Crippen LogP contribution in [-0.2, 0) is 0 Å². The van der Waals surface area contributed by atoms with Gasteiger partial charge in [-0.25, -0.2) is 0 Å². The van der Waals surface area contributed by atoms with Crippen LogP contribution < -0.4 is 0 Å². The van der Waals surface area contributed by atoms with Crippen LogP contribution in [-0.4, -0.2) is 11.8 Å². The second-order valence-electron chi connectivity index (χ2n) is 8.33. The topological polar surface area (TPSA) is 0 Å². The monoisotopic (exact) mass is 346 g/mol. The fourth-order valence-corrected chi connectivity index (χ4v) is 6.58. The van der Waals surface area contributed by atoms with Crippen LogP contribution in [0.2, 0.25) is 0 Å². The first-order valence-corrected chi connectivity index (χ1v) is 11.5. The average molecular weight is 347 g/mol. The summed E-state index contributed by atoms with van der Waals surface area (Å²) in [7, 11) is 1.06. The van der Waals surface area contributed by atoms with Crippen molar-refractivity contribution in [3.05, 3.63) is 37.0 Å². The third-order valence-corrected chi connectivity index (χ3v) is 8.52. The van der Waals surface area contributed by atoms with Gasteiger partial charge in [-0.05, 0) is 53.2 Å². The maximum atomic E-state index is 3.87. The van der Waals surface area contributed by atoms with Crippen LogP contribution in [0.15, 0.2) is 37.0 Å². The fraction of sp³-hybridized carbons (Fsp3) is 0.739. The number of fused-ring (bicyclic) bond motifs is 1. The molecule has 6 unspecified atom stereocenters. The maximum absolute atomic E-state index is 3.87. The zero-order chi connectivity index (χ0) is 17.7. The highest BCUT2D eigenvalue weighted by Gasteiger charge is 2.81. The molecule has 0 N–H and O–H groups in total.